The minimum Gasteiger partial charge on any atom is -0.318 e. The van der Waals surface area contributed by atoms with E-state index in [9.17, 15) is 5.26 Å². The van der Waals surface area contributed by atoms with E-state index in [-0.39, 0.29) is 0 Å². The molecule has 9 aromatic rings. The largest absolute Gasteiger partial charge is 0.318 e. The number of nitrogens with zero attached hydrogens (tertiary/aromatic N) is 4. The Morgan fingerprint density at radius 3 is 1.75 bits per heavy atom. The predicted octanol–water partition coefficient (Wildman–Crippen LogP) is 11.6. The molecule has 0 radical (unpaired) electrons. The van der Waals surface area contributed by atoms with Gasteiger partial charge < -0.3 is 9.13 Å². The fourth-order valence-corrected chi connectivity index (χ4v) is 7.24. The Morgan fingerprint density at radius 2 is 1.08 bits per heavy atom. The Bertz CT molecular complexity index is 2750. The molecular weight excluding hydrogens is 585 g/mol. The van der Waals surface area contributed by atoms with Gasteiger partial charge in [-0.1, -0.05) is 109 Å². The topological polar surface area (TPSA) is 38.0 Å². The first-order valence-corrected chi connectivity index (χ1v) is 15.9. The highest BCUT2D eigenvalue weighted by molar-refractivity contribution is 6.14. The Balaban J connectivity index is 1.18. The lowest BCUT2D eigenvalue weighted by atomic mass is 9.97. The molecule has 0 N–H and O–H groups in total. The zero-order valence-corrected chi connectivity index (χ0v) is 25.8. The minimum atomic E-state index is 0.586. The second-order valence-corrected chi connectivity index (χ2v) is 12.0. The first kappa shape index (κ1) is 27.4. The van der Waals surface area contributed by atoms with E-state index < -0.39 is 0 Å². The monoisotopic (exact) mass is 610 g/mol. The van der Waals surface area contributed by atoms with Gasteiger partial charge in [0.25, 0.3) is 0 Å². The van der Waals surface area contributed by atoms with Gasteiger partial charge in [0.1, 0.15) is 0 Å². The fraction of sp³-hybridized carbons (Fsp3) is 0. The summed E-state index contributed by atoms with van der Waals surface area (Å²) in [6.07, 6.45) is 0. The van der Waals surface area contributed by atoms with E-state index in [1.165, 1.54) is 21.8 Å². The average molecular weight is 611 g/mol. The number of aromatic nitrogens is 2. The van der Waals surface area contributed by atoms with Crippen molar-refractivity contribution in [3.63, 3.8) is 0 Å². The lowest BCUT2D eigenvalue weighted by molar-refractivity contribution is 1.18. The standard InChI is InChI=1S/C44H26N4/c1-46-39-16-9-15-37-36-14-4-7-19-42(36)48(44(37)39)43-25-20-29(28-45)26-38(43)31-23-21-30(22-24-31)32-10-8-11-33(27-32)47-40-17-5-2-12-34(40)35-13-3-6-18-41(35)47/h2-27H. The van der Waals surface area contributed by atoms with Crippen LogP contribution in [0.25, 0.3) is 82.1 Å². The summed E-state index contributed by atoms with van der Waals surface area (Å²) in [4.78, 5) is 3.90. The number of rotatable bonds is 4. The maximum Gasteiger partial charge on any atom is 0.211 e. The van der Waals surface area contributed by atoms with E-state index in [1.807, 2.05) is 42.5 Å². The molecule has 0 saturated carbocycles. The van der Waals surface area contributed by atoms with Crippen molar-refractivity contribution in [1.29, 1.82) is 5.26 Å². The summed E-state index contributed by atoms with van der Waals surface area (Å²) in [5, 5.41) is 14.5. The summed E-state index contributed by atoms with van der Waals surface area (Å²) in [7, 11) is 0. The molecule has 0 unspecified atom stereocenters. The van der Waals surface area contributed by atoms with E-state index in [2.05, 4.69) is 135 Å². The van der Waals surface area contributed by atoms with Crippen LogP contribution in [0.5, 0.6) is 0 Å². The SMILES string of the molecule is [C-]#[N+]c1cccc2c3ccccc3n(-c3ccc(C#N)cc3-c3ccc(-c4cccc(-n5c6ccccc6c6ccccc65)c4)cc3)c12. The van der Waals surface area contributed by atoms with Gasteiger partial charge in [0.15, 0.2) is 0 Å². The van der Waals surface area contributed by atoms with Crippen molar-refractivity contribution in [1.82, 2.24) is 9.13 Å². The van der Waals surface area contributed by atoms with Crippen molar-refractivity contribution in [2.75, 3.05) is 0 Å². The Labute approximate surface area is 277 Å². The average Bonchev–Trinajstić information content (AvgIpc) is 3.68. The molecule has 9 rings (SSSR count). The van der Waals surface area contributed by atoms with E-state index in [4.69, 9.17) is 6.57 Å². The van der Waals surface area contributed by atoms with Crippen LogP contribution in [0.1, 0.15) is 5.56 Å². The molecular formula is C44H26N4. The molecule has 48 heavy (non-hydrogen) atoms. The molecule has 0 spiro atoms. The molecule has 0 amide bonds. The molecule has 0 aliphatic heterocycles. The van der Waals surface area contributed by atoms with Gasteiger partial charge in [-0.25, -0.2) is 4.85 Å². The van der Waals surface area contributed by atoms with Crippen LogP contribution in [0.4, 0.5) is 5.69 Å². The van der Waals surface area contributed by atoms with Gasteiger partial charge in [-0.05, 0) is 70.6 Å². The summed E-state index contributed by atoms with van der Waals surface area (Å²) in [6, 6.07) is 56.7. The van der Waals surface area contributed by atoms with Crippen LogP contribution in [0.3, 0.4) is 0 Å². The van der Waals surface area contributed by atoms with Crippen molar-refractivity contribution in [2.24, 2.45) is 0 Å². The Morgan fingerprint density at radius 1 is 0.500 bits per heavy atom. The van der Waals surface area contributed by atoms with Crippen molar-refractivity contribution in [3.05, 3.63) is 175 Å². The number of nitriles is 1. The molecule has 2 heterocycles. The van der Waals surface area contributed by atoms with Crippen LogP contribution in [0.15, 0.2) is 158 Å². The van der Waals surface area contributed by atoms with E-state index in [1.54, 1.807) is 0 Å². The number of fused-ring (bicyclic) bond motifs is 6. The molecule has 7 aromatic carbocycles. The summed E-state index contributed by atoms with van der Waals surface area (Å²) in [5.74, 6) is 0. The zero-order chi connectivity index (χ0) is 32.2. The predicted molar refractivity (Wildman–Crippen MR) is 197 cm³/mol. The number of para-hydroxylation sites is 4. The highest BCUT2D eigenvalue weighted by Gasteiger charge is 2.19. The molecule has 4 heteroatoms. The third kappa shape index (κ3) is 4.14. The third-order valence-electron chi connectivity index (χ3n) is 9.37. The summed E-state index contributed by atoms with van der Waals surface area (Å²) >= 11 is 0. The van der Waals surface area contributed by atoms with Crippen molar-refractivity contribution in [2.45, 2.75) is 0 Å². The van der Waals surface area contributed by atoms with Crippen LogP contribution in [0, 0.1) is 17.9 Å². The summed E-state index contributed by atoms with van der Waals surface area (Å²) < 4.78 is 4.52. The van der Waals surface area contributed by atoms with Crippen molar-refractivity contribution in [3.8, 4) is 39.7 Å². The number of hydrogen-bond acceptors (Lipinski definition) is 1. The molecule has 4 nitrogen and oxygen atoms in total. The van der Waals surface area contributed by atoms with Gasteiger partial charge >= 0.3 is 0 Å². The van der Waals surface area contributed by atoms with Crippen LogP contribution in [-0.2, 0) is 0 Å². The van der Waals surface area contributed by atoms with Crippen LogP contribution < -0.4 is 0 Å². The molecule has 0 fully saturated rings. The molecule has 0 atom stereocenters. The maximum absolute atomic E-state index is 9.89. The van der Waals surface area contributed by atoms with Gasteiger partial charge in [-0.2, -0.15) is 5.26 Å². The van der Waals surface area contributed by atoms with E-state index in [0.29, 0.717) is 11.3 Å². The zero-order valence-electron chi connectivity index (χ0n) is 25.8. The highest BCUT2D eigenvalue weighted by Crippen LogP contribution is 2.41. The van der Waals surface area contributed by atoms with Crippen molar-refractivity contribution < 1.29 is 0 Å². The molecule has 2 aromatic heterocycles. The van der Waals surface area contributed by atoms with Gasteiger partial charge in [-0.3, -0.25) is 0 Å². The number of hydrogen-bond donors (Lipinski definition) is 0. The lowest BCUT2D eigenvalue weighted by Crippen LogP contribution is -1.98. The first-order chi connectivity index (χ1) is 23.7. The van der Waals surface area contributed by atoms with Crippen LogP contribution >= 0.6 is 0 Å². The Hall–Kier alpha value is -6.88. The fourth-order valence-electron chi connectivity index (χ4n) is 7.24. The summed E-state index contributed by atoms with van der Waals surface area (Å²) in [6.45, 7) is 7.95. The normalized spacial score (nSPS) is 11.3. The van der Waals surface area contributed by atoms with Crippen LogP contribution in [0.2, 0.25) is 0 Å². The van der Waals surface area contributed by atoms with Gasteiger partial charge in [0.2, 0.25) is 5.69 Å². The molecule has 0 aliphatic rings. The second-order valence-electron chi connectivity index (χ2n) is 12.0. The minimum absolute atomic E-state index is 0.586. The smallest absolute Gasteiger partial charge is 0.211 e. The molecule has 0 aliphatic carbocycles. The first-order valence-electron chi connectivity index (χ1n) is 15.9. The number of benzene rings is 7. The van der Waals surface area contributed by atoms with Crippen LogP contribution in [-0.4, -0.2) is 9.13 Å². The third-order valence-corrected chi connectivity index (χ3v) is 9.37. The quantitative estimate of drug-likeness (QED) is 0.183. The summed E-state index contributed by atoms with van der Waals surface area (Å²) in [5.41, 5.74) is 11.6. The van der Waals surface area contributed by atoms with Gasteiger partial charge in [0.05, 0.1) is 46.0 Å². The molecule has 0 saturated heterocycles. The van der Waals surface area contributed by atoms with Gasteiger partial charge in [-0.15, -0.1) is 0 Å². The van der Waals surface area contributed by atoms with Gasteiger partial charge in [0, 0.05) is 27.4 Å². The van der Waals surface area contributed by atoms with E-state index >= 15 is 0 Å². The maximum atomic E-state index is 9.89. The highest BCUT2D eigenvalue weighted by atomic mass is 15.0. The molecule has 222 valence electrons. The second kappa shape index (κ2) is 10.9. The molecule has 0 bridgehead atoms. The van der Waals surface area contributed by atoms with E-state index in [0.717, 1.165) is 55.4 Å². The Kier molecular flexibility index (Phi) is 6.22. The lowest BCUT2D eigenvalue weighted by Gasteiger charge is -2.16. The van der Waals surface area contributed by atoms with Crippen molar-refractivity contribution >= 4 is 49.3 Å².